The van der Waals surface area contributed by atoms with Crippen LogP contribution in [0.15, 0.2) is 0 Å². The first-order valence-corrected chi connectivity index (χ1v) is 4.47. The Morgan fingerprint density at radius 2 is 2.36 bits per heavy atom. The first-order chi connectivity index (χ1) is 6.43. The summed E-state index contributed by atoms with van der Waals surface area (Å²) in [5.41, 5.74) is 6.73. The van der Waals surface area contributed by atoms with Crippen LogP contribution in [0.2, 0.25) is 5.02 Å². The van der Waals surface area contributed by atoms with E-state index in [0.29, 0.717) is 16.4 Å². The molecule has 1 aromatic rings. The SMILES string of the molecule is Cc1nn(C)c(C[C@H](N)C(=O)O)c1Cl. The van der Waals surface area contributed by atoms with E-state index in [1.807, 2.05) is 0 Å². The van der Waals surface area contributed by atoms with Gasteiger partial charge in [-0.05, 0) is 6.92 Å². The lowest BCUT2D eigenvalue weighted by Crippen LogP contribution is -2.33. The van der Waals surface area contributed by atoms with Crippen LogP contribution in [0.4, 0.5) is 0 Å². The van der Waals surface area contributed by atoms with Gasteiger partial charge in [-0.3, -0.25) is 9.48 Å². The molecule has 0 aliphatic heterocycles. The van der Waals surface area contributed by atoms with E-state index in [4.69, 9.17) is 22.4 Å². The summed E-state index contributed by atoms with van der Waals surface area (Å²) >= 11 is 5.93. The van der Waals surface area contributed by atoms with Gasteiger partial charge in [-0.25, -0.2) is 0 Å². The summed E-state index contributed by atoms with van der Waals surface area (Å²) in [5.74, 6) is -1.04. The van der Waals surface area contributed by atoms with E-state index < -0.39 is 12.0 Å². The van der Waals surface area contributed by atoms with Crippen molar-refractivity contribution in [2.24, 2.45) is 12.8 Å². The first-order valence-electron chi connectivity index (χ1n) is 4.09. The van der Waals surface area contributed by atoms with Gasteiger partial charge >= 0.3 is 5.97 Å². The van der Waals surface area contributed by atoms with Crippen LogP contribution in [0.3, 0.4) is 0 Å². The number of carbonyl (C=O) groups is 1. The summed E-state index contributed by atoms with van der Waals surface area (Å²) in [6, 6.07) is -0.942. The van der Waals surface area contributed by atoms with E-state index in [-0.39, 0.29) is 6.42 Å². The summed E-state index contributed by atoms with van der Waals surface area (Å²) in [6.07, 6.45) is 0.186. The zero-order valence-electron chi connectivity index (χ0n) is 7.99. The average Bonchev–Trinajstić information content (AvgIpc) is 2.32. The molecule has 0 fully saturated rings. The average molecular weight is 218 g/mol. The molecule has 1 rings (SSSR count). The van der Waals surface area contributed by atoms with Crippen molar-refractivity contribution in [1.82, 2.24) is 9.78 Å². The molecule has 1 heterocycles. The molecular formula is C8H12ClN3O2. The Hall–Kier alpha value is -1.07. The third-order valence-corrected chi connectivity index (χ3v) is 2.48. The van der Waals surface area contributed by atoms with Crippen molar-refractivity contribution in [1.29, 1.82) is 0 Å². The molecule has 0 amide bonds. The fourth-order valence-corrected chi connectivity index (χ4v) is 1.43. The molecule has 6 heteroatoms. The zero-order valence-corrected chi connectivity index (χ0v) is 8.75. The number of aryl methyl sites for hydroxylation is 2. The lowest BCUT2D eigenvalue weighted by atomic mass is 10.1. The maximum absolute atomic E-state index is 10.5. The summed E-state index contributed by atoms with van der Waals surface area (Å²) < 4.78 is 1.56. The van der Waals surface area contributed by atoms with Crippen molar-refractivity contribution in [3.05, 3.63) is 16.4 Å². The summed E-state index contributed by atoms with van der Waals surface area (Å²) in [4.78, 5) is 10.5. The molecule has 0 bridgehead atoms. The Balaban J connectivity index is 2.91. The van der Waals surface area contributed by atoms with Gasteiger partial charge in [0.1, 0.15) is 6.04 Å². The molecule has 0 aromatic carbocycles. The van der Waals surface area contributed by atoms with Crippen molar-refractivity contribution in [3.8, 4) is 0 Å². The van der Waals surface area contributed by atoms with Gasteiger partial charge in [-0.1, -0.05) is 11.6 Å². The number of nitrogens with two attached hydrogens (primary N) is 1. The second-order valence-corrected chi connectivity index (χ2v) is 3.50. The number of carboxylic acid groups (broad SMARTS) is 1. The highest BCUT2D eigenvalue weighted by molar-refractivity contribution is 6.31. The largest absolute Gasteiger partial charge is 0.480 e. The van der Waals surface area contributed by atoms with E-state index >= 15 is 0 Å². The van der Waals surface area contributed by atoms with Crippen LogP contribution in [-0.4, -0.2) is 26.9 Å². The minimum Gasteiger partial charge on any atom is -0.480 e. The van der Waals surface area contributed by atoms with Crippen molar-refractivity contribution in [2.45, 2.75) is 19.4 Å². The number of halogens is 1. The van der Waals surface area contributed by atoms with Crippen LogP contribution in [0.5, 0.6) is 0 Å². The number of hydrogen-bond donors (Lipinski definition) is 2. The number of nitrogens with zero attached hydrogens (tertiary/aromatic N) is 2. The van der Waals surface area contributed by atoms with Gasteiger partial charge in [-0.2, -0.15) is 5.10 Å². The molecule has 0 aliphatic carbocycles. The molecule has 1 aromatic heterocycles. The minimum absolute atomic E-state index is 0.186. The summed E-state index contributed by atoms with van der Waals surface area (Å²) in [7, 11) is 1.71. The lowest BCUT2D eigenvalue weighted by Gasteiger charge is -2.06. The Kier molecular flexibility index (Phi) is 3.13. The van der Waals surface area contributed by atoms with Crippen molar-refractivity contribution in [2.75, 3.05) is 0 Å². The van der Waals surface area contributed by atoms with E-state index in [2.05, 4.69) is 5.10 Å². The number of aliphatic carboxylic acids is 1. The Bertz CT molecular complexity index is 362. The van der Waals surface area contributed by atoms with Crippen LogP contribution in [0.25, 0.3) is 0 Å². The van der Waals surface area contributed by atoms with Crippen LogP contribution in [-0.2, 0) is 18.3 Å². The van der Waals surface area contributed by atoms with Crippen LogP contribution in [0.1, 0.15) is 11.4 Å². The number of hydrogen-bond acceptors (Lipinski definition) is 3. The maximum Gasteiger partial charge on any atom is 0.320 e. The maximum atomic E-state index is 10.5. The van der Waals surface area contributed by atoms with E-state index in [0.717, 1.165) is 0 Å². The van der Waals surface area contributed by atoms with Gasteiger partial charge < -0.3 is 10.8 Å². The third-order valence-electron chi connectivity index (χ3n) is 1.99. The third kappa shape index (κ3) is 2.05. The first kappa shape index (κ1) is 11.0. The van der Waals surface area contributed by atoms with Gasteiger partial charge in [-0.15, -0.1) is 0 Å². The quantitative estimate of drug-likeness (QED) is 0.765. The second kappa shape index (κ2) is 3.98. The molecule has 5 nitrogen and oxygen atoms in total. The second-order valence-electron chi connectivity index (χ2n) is 3.12. The number of rotatable bonds is 3. The van der Waals surface area contributed by atoms with Crippen molar-refractivity contribution < 1.29 is 9.90 Å². The predicted molar refractivity (Wildman–Crippen MR) is 52.3 cm³/mol. The fourth-order valence-electron chi connectivity index (χ4n) is 1.20. The predicted octanol–water partition coefficient (Wildman–Crippen LogP) is 0.336. The standard InChI is InChI=1S/C8H12ClN3O2/c1-4-7(9)6(12(2)11-4)3-5(10)8(13)14/h5H,3,10H2,1-2H3,(H,13,14)/t5-/m0/s1. The number of aromatic nitrogens is 2. The van der Waals surface area contributed by atoms with Crippen LogP contribution < -0.4 is 5.73 Å². The van der Waals surface area contributed by atoms with Gasteiger partial charge in [0.2, 0.25) is 0 Å². The molecule has 1 atom stereocenters. The van der Waals surface area contributed by atoms with Crippen molar-refractivity contribution >= 4 is 17.6 Å². The zero-order chi connectivity index (χ0) is 10.9. The Morgan fingerprint density at radius 3 is 2.71 bits per heavy atom. The molecule has 14 heavy (non-hydrogen) atoms. The highest BCUT2D eigenvalue weighted by Crippen LogP contribution is 2.20. The van der Waals surface area contributed by atoms with Crippen molar-refractivity contribution in [3.63, 3.8) is 0 Å². The molecule has 0 unspecified atom stereocenters. The lowest BCUT2D eigenvalue weighted by molar-refractivity contribution is -0.138. The topological polar surface area (TPSA) is 81.1 Å². The normalized spacial score (nSPS) is 12.9. The Morgan fingerprint density at radius 1 is 1.79 bits per heavy atom. The molecule has 0 radical (unpaired) electrons. The smallest absolute Gasteiger partial charge is 0.320 e. The van der Waals surface area contributed by atoms with E-state index in [1.165, 1.54) is 0 Å². The van der Waals surface area contributed by atoms with Gasteiger partial charge in [0.15, 0.2) is 0 Å². The highest BCUT2D eigenvalue weighted by Gasteiger charge is 2.18. The van der Waals surface area contributed by atoms with Gasteiger partial charge in [0.25, 0.3) is 0 Å². The van der Waals surface area contributed by atoms with E-state index in [1.54, 1.807) is 18.7 Å². The van der Waals surface area contributed by atoms with Gasteiger partial charge in [0.05, 0.1) is 16.4 Å². The van der Waals surface area contributed by atoms with Crippen LogP contribution >= 0.6 is 11.6 Å². The molecule has 0 saturated carbocycles. The van der Waals surface area contributed by atoms with Gasteiger partial charge in [0, 0.05) is 13.5 Å². The summed E-state index contributed by atoms with van der Waals surface area (Å²) in [5, 5.41) is 13.2. The Labute approximate surface area is 86.5 Å². The molecule has 0 aliphatic rings. The molecule has 3 N–H and O–H groups in total. The molecule has 78 valence electrons. The summed E-state index contributed by atoms with van der Waals surface area (Å²) in [6.45, 7) is 1.76. The highest BCUT2D eigenvalue weighted by atomic mass is 35.5. The number of carboxylic acids is 1. The minimum atomic E-state index is -1.04. The molecule has 0 spiro atoms. The van der Waals surface area contributed by atoms with E-state index in [9.17, 15) is 4.79 Å². The molecular weight excluding hydrogens is 206 g/mol. The van der Waals surface area contributed by atoms with Crippen LogP contribution in [0, 0.1) is 6.92 Å². The fraction of sp³-hybridized carbons (Fsp3) is 0.500. The monoisotopic (exact) mass is 217 g/mol. The molecule has 0 saturated heterocycles.